The normalized spacial score (nSPS) is 12.1. The summed E-state index contributed by atoms with van der Waals surface area (Å²) in [7, 11) is -4.89. The number of halogens is 12. The molecule has 0 aliphatic heterocycles. The Morgan fingerprint density at radius 1 is 0.309 bits per heavy atom. The molecule has 0 fully saturated rings. The topological polar surface area (TPSA) is 241 Å². The fourth-order valence-corrected chi connectivity index (χ4v) is 12.6. The van der Waals surface area contributed by atoms with Crippen LogP contribution < -0.4 is 44.1 Å². The van der Waals surface area contributed by atoms with Crippen molar-refractivity contribution in [3.8, 4) is 102 Å². The van der Waals surface area contributed by atoms with Gasteiger partial charge in [-0.15, -0.1) is 0 Å². The van der Waals surface area contributed by atoms with Crippen molar-refractivity contribution in [1.82, 2.24) is 15.0 Å². The zero-order valence-electron chi connectivity index (χ0n) is 55.3. The monoisotopic (exact) mass is 1540 g/mol. The summed E-state index contributed by atoms with van der Waals surface area (Å²) < 4.78 is 247. The number of phosphoric acid groups is 1. The van der Waals surface area contributed by atoms with Crippen LogP contribution in [0.5, 0.6) is 34.5 Å². The lowest BCUT2D eigenvalue weighted by Gasteiger charge is -2.20. The summed E-state index contributed by atoms with van der Waals surface area (Å²) >= 11 is 0. The summed E-state index contributed by atoms with van der Waals surface area (Å²) in [6, 6.07) is 35.6. The van der Waals surface area contributed by atoms with Gasteiger partial charge < -0.3 is 54.3 Å². The zero-order valence-corrected chi connectivity index (χ0v) is 56.2. The van der Waals surface area contributed by atoms with Gasteiger partial charge in [-0.1, -0.05) is 36.4 Å². The average Bonchev–Trinajstić information content (AvgIpc) is 1.05. The molecule has 32 heteroatoms. The van der Waals surface area contributed by atoms with E-state index in [1.165, 1.54) is 146 Å². The van der Waals surface area contributed by atoms with Crippen molar-refractivity contribution in [2.45, 2.75) is 38.3 Å². The van der Waals surface area contributed by atoms with Gasteiger partial charge in [-0.05, 0) is 144 Å². The molecule has 0 spiro atoms. The minimum absolute atomic E-state index is 0.0877. The van der Waals surface area contributed by atoms with Crippen LogP contribution in [0, 0.1) is 17.5 Å². The highest BCUT2D eigenvalue weighted by Crippen LogP contribution is 2.51. The van der Waals surface area contributed by atoms with E-state index in [2.05, 4.69) is 15.0 Å². The molecule has 6 heterocycles. The number of hydrogen-bond donors (Lipinski definition) is 0. The van der Waals surface area contributed by atoms with Gasteiger partial charge in [0.25, 0.3) is 0 Å². The molecule has 9 aromatic carbocycles. The van der Waals surface area contributed by atoms with Crippen LogP contribution in [-0.4, -0.2) is 15.0 Å². The first kappa shape index (κ1) is 72.0. The maximum absolute atomic E-state index is 15.1. The molecule has 110 heavy (non-hydrogen) atoms. The van der Waals surface area contributed by atoms with E-state index in [1.54, 1.807) is 0 Å². The molecule has 0 amide bonds. The van der Waals surface area contributed by atoms with Crippen molar-refractivity contribution in [2.24, 2.45) is 0 Å². The van der Waals surface area contributed by atoms with Crippen LogP contribution in [0.2, 0.25) is 0 Å². The highest BCUT2D eigenvalue weighted by Gasteiger charge is 2.36. The molecule has 15 rings (SSSR count). The summed E-state index contributed by atoms with van der Waals surface area (Å²) in [6.45, 7) is -0.745. The second-order valence-corrected chi connectivity index (χ2v) is 25.6. The lowest BCUT2D eigenvalue weighted by atomic mass is 10.1. The predicted octanol–water partition coefficient (Wildman–Crippen LogP) is 20.8. The standard InChI is InChI=1S/C78H42F12N3O16P/c79-49-22-43(19-46(25-49)76(82,83)84)73-91-52(34-104-73)31-98-58-13-16-61-67(28-58)101-37-64(70(61)94)40-1-7-55(8-2-40)107-110(97,108-56-9-3-41(4-10-56)65-38-102-68-29-59(14-17-62(68)71(65)95)99-32-53-35-105-74(92-53)44-20-47(77(85,86)87)26-50(80)23-44)109-57-11-5-42(6-12-57)66-39-103-69-30-60(15-18-63(69)72(66)96)100-33-54-36-106-75(93-54)45-21-48(78(88,89)90)27-51(81)24-45/h1-30,34-39H,31-33H2. The van der Waals surface area contributed by atoms with Crippen LogP contribution in [0.1, 0.15) is 33.8 Å². The number of oxazole rings is 3. The second-order valence-electron chi connectivity index (χ2n) is 24.2. The van der Waals surface area contributed by atoms with E-state index in [-0.39, 0.29) is 155 Å². The Labute approximate surface area is 606 Å². The van der Waals surface area contributed by atoms with Crippen molar-refractivity contribution in [1.29, 1.82) is 0 Å². The van der Waals surface area contributed by atoms with Gasteiger partial charge in [0.05, 0.1) is 49.5 Å². The maximum Gasteiger partial charge on any atom is 0.647 e. The number of aromatic nitrogens is 3. The number of benzene rings is 9. The summed E-state index contributed by atoms with van der Waals surface area (Å²) in [5.74, 6) is -3.97. The van der Waals surface area contributed by atoms with E-state index < -0.39 is 76.8 Å². The Hall–Kier alpha value is -13.6. The van der Waals surface area contributed by atoms with Crippen molar-refractivity contribution < 1.29 is 112 Å². The third kappa shape index (κ3) is 15.7. The Balaban J connectivity index is 0.645. The Morgan fingerprint density at radius 3 is 0.836 bits per heavy atom. The maximum atomic E-state index is 15.1. The van der Waals surface area contributed by atoms with Crippen LogP contribution in [0.3, 0.4) is 0 Å². The van der Waals surface area contributed by atoms with Crippen molar-refractivity contribution in [2.75, 3.05) is 0 Å². The molecule has 6 aromatic heterocycles. The van der Waals surface area contributed by atoms with Gasteiger partial charge in [0.1, 0.15) is 143 Å². The van der Waals surface area contributed by atoms with E-state index in [1.807, 2.05) is 0 Å². The van der Waals surface area contributed by atoms with E-state index in [0.29, 0.717) is 53.1 Å². The van der Waals surface area contributed by atoms with Crippen LogP contribution in [-0.2, 0) is 42.9 Å². The first-order valence-electron chi connectivity index (χ1n) is 32.1. The van der Waals surface area contributed by atoms with E-state index >= 15 is 4.57 Å². The lowest BCUT2D eigenvalue weighted by molar-refractivity contribution is -0.138. The quantitative estimate of drug-likeness (QED) is 0.0479. The van der Waals surface area contributed by atoms with Gasteiger partial charge in [-0.25, -0.2) is 28.1 Å². The summed E-state index contributed by atoms with van der Waals surface area (Å²) in [4.78, 5) is 54.4. The molecule has 0 aliphatic rings. The Bertz CT molecular complexity index is 5690. The van der Waals surface area contributed by atoms with Crippen molar-refractivity contribution in [3.05, 3.63) is 301 Å². The smallest absolute Gasteiger partial charge is 0.487 e. The molecule has 0 atom stereocenters. The third-order valence-corrected chi connectivity index (χ3v) is 17.9. The number of fused-ring (bicyclic) bond motifs is 3. The highest BCUT2D eigenvalue weighted by atomic mass is 31.2. The molecule has 554 valence electrons. The average molecular weight is 1540 g/mol. The molecule has 0 saturated carbocycles. The fraction of sp³-hybridized carbons (Fsp3) is 0.0769. The molecule has 0 saturated heterocycles. The predicted molar refractivity (Wildman–Crippen MR) is 367 cm³/mol. The van der Waals surface area contributed by atoms with Gasteiger partial charge in [-0.2, -0.15) is 44.1 Å². The minimum Gasteiger partial charge on any atom is -0.487 e. The minimum atomic E-state index is -4.89. The molecule has 19 nitrogen and oxygen atoms in total. The van der Waals surface area contributed by atoms with Crippen LogP contribution in [0.25, 0.3) is 101 Å². The third-order valence-electron chi connectivity index (χ3n) is 16.6. The van der Waals surface area contributed by atoms with E-state index in [4.69, 9.17) is 54.3 Å². The Morgan fingerprint density at radius 2 is 0.573 bits per heavy atom. The van der Waals surface area contributed by atoms with Gasteiger partial charge in [0.15, 0.2) is 16.3 Å². The number of hydrogen-bond acceptors (Lipinski definition) is 19. The van der Waals surface area contributed by atoms with Crippen LogP contribution in [0.4, 0.5) is 52.7 Å². The Kier molecular flexibility index (Phi) is 18.7. The molecular weight excluding hydrogens is 1490 g/mol. The zero-order chi connectivity index (χ0) is 77.0. The van der Waals surface area contributed by atoms with Crippen molar-refractivity contribution in [3.63, 3.8) is 0 Å². The first-order valence-corrected chi connectivity index (χ1v) is 33.6. The lowest BCUT2D eigenvalue weighted by Crippen LogP contribution is -2.08. The number of ether oxygens (including phenoxy) is 3. The number of phosphoric ester groups is 1. The molecule has 0 unspecified atom stereocenters. The van der Waals surface area contributed by atoms with E-state index in [9.17, 15) is 67.1 Å². The van der Waals surface area contributed by atoms with Gasteiger partial charge >= 0.3 is 26.4 Å². The number of alkyl halides is 9. The molecule has 0 N–H and O–H groups in total. The molecule has 15 aromatic rings. The van der Waals surface area contributed by atoms with Gasteiger partial charge in [-0.3, -0.25) is 14.4 Å². The van der Waals surface area contributed by atoms with Gasteiger partial charge in [0, 0.05) is 34.9 Å². The first-order chi connectivity index (χ1) is 52.6. The molecule has 0 aliphatic carbocycles. The second kappa shape index (κ2) is 28.6. The largest absolute Gasteiger partial charge is 0.647 e. The summed E-state index contributed by atoms with van der Waals surface area (Å²) in [5, 5.41) is 0.386. The van der Waals surface area contributed by atoms with Gasteiger partial charge in [0.2, 0.25) is 17.7 Å². The number of nitrogens with zero attached hydrogens (tertiary/aromatic N) is 3. The van der Waals surface area contributed by atoms with Crippen LogP contribution in [0.15, 0.2) is 260 Å². The summed E-state index contributed by atoms with van der Waals surface area (Å²) in [6.07, 6.45) is -7.49. The summed E-state index contributed by atoms with van der Waals surface area (Å²) in [5.41, 5.74) is -3.92. The molecule has 0 radical (unpaired) electrons. The van der Waals surface area contributed by atoms with E-state index in [0.717, 1.165) is 37.0 Å². The van der Waals surface area contributed by atoms with Crippen molar-refractivity contribution >= 4 is 40.7 Å². The highest BCUT2D eigenvalue weighted by molar-refractivity contribution is 7.49. The molecular formula is C78H42F12N3O16P. The fourth-order valence-electron chi connectivity index (χ4n) is 11.3. The van der Waals surface area contributed by atoms with Crippen LogP contribution >= 0.6 is 7.82 Å². The number of rotatable bonds is 21. The molecule has 0 bridgehead atoms. The SMILES string of the molecule is O=c1c(-c2ccc(OP(=O)(Oc3ccc(-c4coc5cc(OCc6coc(-c7cc(F)cc(C(F)(F)F)c7)n6)ccc5c4=O)cc3)Oc3ccc(-c4coc5cc(OCc6coc(-c7cc(F)cc(C(F)(F)F)c7)n6)ccc5c4=O)cc3)cc2)coc2cc(OCc3coc(-c4cc(F)cc(C(F)(F)F)c4)n3)ccc12.